The van der Waals surface area contributed by atoms with Gasteiger partial charge in [-0.15, -0.1) is 0 Å². The number of piperidine rings is 1. The highest BCUT2D eigenvalue weighted by atomic mass is 35.5. The fraction of sp³-hybridized carbons (Fsp3) is 0.379. The molecule has 3 heterocycles. The van der Waals surface area contributed by atoms with Crippen LogP contribution in [0.1, 0.15) is 54.2 Å². The molecule has 1 fully saturated rings. The first-order chi connectivity index (χ1) is 18.7. The zero-order valence-corrected chi connectivity index (χ0v) is 23.1. The summed E-state index contributed by atoms with van der Waals surface area (Å²) in [6, 6.07) is 13.4. The number of amides is 2. The van der Waals surface area contributed by atoms with E-state index in [-0.39, 0.29) is 11.7 Å². The van der Waals surface area contributed by atoms with Gasteiger partial charge in [-0.1, -0.05) is 29.3 Å². The van der Waals surface area contributed by atoms with Crippen molar-refractivity contribution in [3.63, 3.8) is 0 Å². The number of hydrogen-bond donors (Lipinski definition) is 2. The van der Waals surface area contributed by atoms with Gasteiger partial charge in [-0.05, 0) is 74.3 Å². The van der Waals surface area contributed by atoms with Gasteiger partial charge in [0.25, 0.3) is 0 Å². The SMILES string of the molecule is Cc1ccc(CNC(=O)C(CCCN2CCC3(CC2)OC(=O)Nc2ccc(F)cc23)c2ccc(Cl)c(Cl)c2)o1. The number of furan rings is 1. The molecule has 2 aliphatic rings. The van der Waals surface area contributed by atoms with E-state index in [2.05, 4.69) is 15.5 Å². The molecule has 1 unspecified atom stereocenters. The maximum Gasteiger partial charge on any atom is 0.412 e. The standard InChI is InChI=1S/C29H30Cl2FN3O4/c1-18-4-7-21(38-18)17-33-27(36)22(19-5-8-24(30)25(31)15-19)3-2-12-35-13-10-29(11-14-35)23-16-20(32)6-9-26(23)34-28(37)39-29/h4-9,15-16,22H,2-3,10-14,17H2,1H3,(H,33,36)(H,34,37). The van der Waals surface area contributed by atoms with E-state index < -0.39 is 17.6 Å². The monoisotopic (exact) mass is 573 g/mol. The molecule has 10 heteroatoms. The van der Waals surface area contributed by atoms with E-state index in [0.717, 1.165) is 24.3 Å². The van der Waals surface area contributed by atoms with Crippen molar-refractivity contribution in [1.29, 1.82) is 0 Å². The molecule has 3 aromatic rings. The van der Waals surface area contributed by atoms with E-state index in [1.165, 1.54) is 12.1 Å². The van der Waals surface area contributed by atoms with Crippen LogP contribution in [0.4, 0.5) is 14.9 Å². The highest BCUT2D eigenvalue weighted by molar-refractivity contribution is 6.42. The predicted molar refractivity (Wildman–Crippen MR) is 148 cm³/mol. The molecule has 2 aromatic carbocycles. The van der Waals surface area contributed by atoms with Crippen LogP contribution in [0.15, 0.2) is 52.9 Å². The Balaban J connectivity index is 1.21. The summed E-state index contributed by atoms with van der Waals surface area (Å²) in [4.78, 5) is 27.7. The van der Waals surface area contributed by atoms with Crippen LogP contribution < -0.4 is 10.6 Å². The van der Waals surface area contributed by atoms with E-state index in [0.29, 0.717) is 66.0 Å². The summed E-state index contributed by atoms with van der Waals surface area (Å²) in [6.45, 7) is 4.29. The third-order valence-electron chi connectivity index (χ3n) is 7.52. The molecule has 0 bridgehead atoms. The second kappa shape index (κ2) is 11.6. The molecule has 0 radical (unpaired) electrons. The molecule has 2 aliphatic heterocycles. The summed E-state index contributed by atoms with van der Waals surface area (Å²) in [7, 11) is 0. The maximum atomic E-state index is 14.0. The molecule has 206 valence electrons. The summed E-state index contributed by atoms with van der Waals surface area (Å²) >= 11 is 12.4. The van der Waals surface area contributed by atoms with Crippen molar-refractivity contribution in [2.45, 2.75) is 50.7 Å². The Labute approximate surface area is 236 Å². The van der Waals surface area contributed by atoms with Gasteiger partial charge in [-0.3, -0.25) is 10.1 Å². The highest BCUT2D eigenvalue weighted by Crippen LogP contribution is 2.43. The molecule has 2 amide bonds. The minimum atomic E-state index is -0.830. The van der Waals surface area contributed by atoms with Gasteiger partial charge in [-0.2, -0.15) is 0 Å². The van der Waals surface area contributed by atoms with Gasteiger partial charge in [-0.25, -0.2) is 9.18 Å². The van der Waals surface area contributed by atoms with Crippen molar-refractivity contribution in [2.24, 2.45) is 0 Å². The first-order valence-corrected chi connectivity index (χ1v) is 13.8. The molecule has 0 saturated carbocycles. The van der Waals surface area contributed by atoms with Gasteiger partial charge in [0.2, 0.25) is 5.91 Å². The normalized spacial score (nSPS) is 17.3. The minimum absolute atomic E-state index is 0.111. The average molecular weight is 574 g/mol. The summed E-state index contributed by atoms with van der Waals surface area (Å²) in [5.74, 6) is 0.601. The third-order valence-corrected chi connectivity index (χ3v) is 8.26. The fourth-order valence-electron chi connectivity index (χ4n) is 5.45. The van der Waals surface area contributed by atoms with Gasteiger partial charge in [0.05, 0.1) is 28.2 Å². The number of ether oxygens (including phenoxy) is 1. The molecule has 7 nitrogen and oxygen atoms in total. The second-order valence-electron chi connectivity index (χ2n) is 10.1. The Morgan fingerprint density at radius 3 is 2.64 bits per heavy atom. The number of hydrogen-bond acceptors (Lipinski definition) is 5. The van der Waals surface area contributed by atoms with Crippen LogP contribution in [0, 0.1) is 12.7 Å². The Kier molecular flexibility index (Phi) is 8.16. The van der Waals surface area contributed by atoms with Gasteiger partial charge < -0.3 is 19.4 Å². The van der Waals surface area contributed by atoms with E-state index in [1.54, 1.807) is 18.2 Å². The number of nitrogens with zero attached hydrogens (tertiary/aromatic N) is 1. The lowest BCUT2D eigenvalue weighted by Crippen LogP contribution is -2.48. The van der Waals surface area contributed by atoms with E-state index in [4.69, 9.17) is 32.4 Å². The summed E-state index contributed by atoms with van der Waals surface area (Å²) in [6.07, 6.45) is 1.99. The summed E-state index contributed by atoms with van der Waals surface area (Å²) in [5, 5.41) is 6.50. The molecule has 1 aromatic heterocycles. The number of aryl methyl sites for hydroxylation is 1. The van der Waals surface area contributed by atoms with E-state index in [1.807, 2.05) is 25.1 Å². The molecule has 0 aliphatic carbocycles. The van der Waals surface area contributed by atoms with Gasteiger partial charge in [0, 0.05) is 31.5 Å². The topological polar surface area (TPSA) is 83.8 Å². The van der Waals surface area contributed by atoms with Crippen LogP contribution in [-0.4, -0.2) is 36.5 Å². The van der Waals surface area contributed by atoms with E-state index >= 15 is 0 Å². The van der Waals surface area contributed by atoms with Crippen LogP contribution in [0.25, 0.3) is 0 Å². The van der Waals surface area contributed by atoms with Crippen molar-refractivity contribution in [2.75, 3.05) is 25.0 Å². The van der Waals surface area contributed by atoms with Crippen LogP contribution in [0.2, 0.25) is 10.0 Å². The van der Waals surface area contributed by atoms with Gasteiger partial charge in [0.15, 0.2) is 0 Å². The average Bonchev–Trinajstić information content (AvgIpc) is 3.33. The molecule has 39 heavy (non-hydrogen) atoms. The number of carbonyl (C=O) groups is 2. The number of fused-ring (bicyclic) bond motifs is 2. The largest absolute Gasteiger partial charge is 0.465 e. The first kappa shape index (κ1) is 27.5. The Hall–Kier alpha value is -3.07. The number of likely N-dealkylation sites (tertiary alicyclic amines) is 1. The maximum absolute atomic E-state index is 14.0. The van der Waals surface area contributed by atoms with Crippen LogP contribution in [0.3, 0.4) is 0 Å². The van der Waals surface area contributed by atoms with E-state index in [9.17, 15) is 14.0 Å². The van der Waals surface area contributed by atoms with Crippen LogP contribution in [0.5, 0.6) is 0 Å². The smallest absolute Gasteiger partial charge is 0.412 e. The van der Waals surface area contributed by atoms with Gasteiger partial charge in [0.1, 0.15) is 22.9 Å². The van der Waals surface area contributed by atoms with Crippen molar-refractivity contribution in [3.8, 4) is 0 Å². The lowest BCUT2D eigenvalue weighted by atomic mass is 9.82. The highest BCUT2D eigenvalue weighted by Gasteiger charge is 2.44. The Morgan fingerprint density at radius 2 is 1.92 bits per heavy atom. The zero-order valence-electron chi connectivity index (χ0n) is 21.6. The fourth-order valence-corrected chi connectivity index (χ4v) is 5.76. The van der Waals surface area contributed by atoms with Crippen LogP contribution in [-0.2, 0) is 21.7 Å². The zero-order chi connectivity index (χ0) is 27.6. The Morgan fingerprint density at radius 1 is 1.13 bits per heavy atom. The Bertz CT molecular complexity index is 1370. The van der Waals surface area contributed by atoms with Crippen molar-refractivity contribution in [1.82, 2.24) is 10.2 Å². The molecule has 1 spiro atoms. The molecule has 5 rings (SSSR count). The van der Waals surface area contributed by atoms with Gasteiger partial charge >= 0.3 is 6.09 Å². The van der Waals surface area contributed by atoms with Crippen molar-refractivity contribution in [3.05, 3.63) is 87.0 Å². The molecule has 1 saturated heterocycles. The minimum Gasteiger partial charge on any atom is -0.465 e. The quantitative estimate of drug-likeness (QED) is 0.310. The van der Waals surface area contributed by atoms with Crippen molar-refractivity contribution < 1.29 is 23.1 Å². The number of benzene rings is 2. The second-order valence-corrected chi connectivity index (χ2v) is 11.0. The molecule has 1 atom stereocenters. The summed E-state index contributed by atoms with van der Waals surface area (Å²) in [5.41, 5.74) is 1.25. The number of carbonyl (C=O) groups excluding carboxylic acids is 2. The lowest BCUT2D eigenvalue weighted by molar-refractivity contribution is -0.123. The number of nitrogens with one attached hydrogen (secondary N) is 2. The first-order valence-electron chi connectivity index (χ1n) is 13.0. The predicted octanol–water partition coefficient (Wildman–Crippen LogP) is 6.77. The lowest BCUT2D eigenvalue weighted by Gasteiger charge is -2.44. The summed E-state index contributed by atoms with van der Waals surface area (Å²) < 4.78 is 25.3. The van der Waals surface area contributed by atoms with Crippen LogP contribution >= 0.6 is 23.2 Å². The third kappa shape index (κ3) is 6.24. The molecule has 2 N–H and O–H groups in total. The number of anilines is 1. The number of rotatable bonds is 8. The molecular formula is C29H30Cl2FN3O4. The molecular weight excluding hydrogens is 544 g/mol. The van der Waals surface area contributed by atoms with Crippen molar-refractivity contribution >= 4 is 40.9 Å². The number of halogens is 3.